The van der Waals surface area contributed by atoms with Crippen LogP contribution in [0.15, 0.2) is 60.7 Å². The number of carbonyl (C=O) groups excluding carboxylic acids is 1. The molecule has 0 unspecified atom stereocenters. The number of para-hydroxylation sites is 2. The number of piperazine rings is 1. The number of hydrogen-bond donors (Lipinski definition) is 1. The van der Waals surface area contributed by atoms with E-state index in [1.165, 1.54) is 12.1 Å². The first-order valence-corrected chi connectivity index (χ1v) is 9.94. The molecule has 2 aliphatic heterocycles. The Morgan fingerprint density at radius 3 is 2.22 bits per heavy atom. The van der Waals surface area contributed by atoms with Gasteiger partial charge in [0.05, 0.1) is 0 Å². The summed E-state index contributed by atoms with van der Waals surface area (Å²) < 4.78 is 0. The molecule has 2 aliphatic rings. The van der Waals surface area contributed by atoms with Gasteiger partial charge in [-0.25, -0.2) is 4.79 Å². The normalized spacial score (nSPS) is 21.1. The van der Waals surface area contributed by atoms with Crippen molar-refractivity contribution in [2.75, 3.05) is 49.5 Å². The summed E-state index contributed by atoms with van der Waals surface area (Å²) in [6.45, 7) is 5.90. The van der Waals surface area contributed by atoms with E-state index in [0.29, 0.717) is 6.04 Å². The highest BCUT2D eigenvalue weighted by Crippen LogP contribution is 2.21. The van der Waals surface area contributed by atoms with Crippen LogP contribution in [-0.2, 0) is 0 Å². The summed E-state index contributed by atoms with van der Waals surface area (Å²) >= 11 is 0. The third kappa shape index (κ3) is 4.42. The maximum Gasteiger partial charge on any atom is 0.321 e. The molecule has 2 saturated heterocycles. The number of piperidine rings is 1. The lowest BCUT2D eigenvalue weighted by molar-refractivity contribution is 0.108. The van der Waals surface area contributed by atoms with Crippen molar-refractivity contribution in [3.05, 3.63) is 60.7 Å². The highest BCUT2D eigenvalue weighted by molar-refractivity contribution is 5.89. The topological polar surface area (TPSA) is 38.8 Å². The Labute approximate surface area is 161 Å². The number of nitrogens with one attached hydrogen (secondary N) is 1. The Morgan fingerprint density at radius 1 is 0.852 bits per heavy atom. The van der Waals surface area contributed by atoms with Crippen molar-refractivity contribution in [1.82, 2.24) is 9.80 Å². The lowest BCUT2D eigenvalue weighted by Crippen LogP contribution is -2.56. The molecule has 1 atom stereocenters. The van der Waals surface area contributed by atoms with Gasteiger partial charge in [0.25, 0.3) is 0 Å². The van der Waals surface area contributed by atoms with Crippen LogP contribution in [0.4, 0.5) is 16.2 Å². The van der Waals surface area contributed by atoms with Crippen LogP contribution in [0.1, 0.15) is 12.8 Å². The summed E-state index contributed by atoms with van der Waals surface area (Å²) in [6.07, 6.45) is 2.26. The smallest absolute Gasteiger partial charge is 0.321 e. The van der Waals surface area contributed by atoms with Gasteiger partial charge < -0.3 is 15.1 Å². The summed E-state index contributed by atoms with van der Waals surface area (Å²) in [6, 6.07) is 20.9. The maximum absolute atomic E-state index is 12.6. The minimum Gasteiger partial charge on any atom is -0.369 e. The number of amides is 2. The first-order valence-electron chi connectivity index (χ1n) is 9.94. The average Bonchev–Trinajstić information content (AvgIpc) is 2.75. The van der Waals surface area contributed by atoms with Gasteiger partial charge in [-0.05, 0) is 37.1 Å². The van der Waals surface area contributed by atoms with Crippen molar-refractivity contribution in [2.24, 2.45) is 0 Å². The van der Waals surface area contributed by atoms with Gasteiger partial charge in [-0.2, -0.15) is 0 Å². The van der Waals surface area contributed by atoms with Gasteiger partial charge in [-0.3, -0.25) is 4.90 Å². The minimum absolute atomic E-state index is 0.0221. The molecule has 5 heteroatoms. The molecule has 2 aromatic carbocycles. The molecule has 142 valence electrons. The van der Waals surface area contributed by atoms with E-state index in [9.17, 15) is 4.79 Å². The molecule has 0 aliphatic carbocycles. The molecule has 2 aromatic rings. The van der Waals surface area contributed by atoms with E-state index < -0.39 is 0 Å². The third-order valence-electron chi connectivity index (χ3n) is 5.66. The second-order valence-electron chi connectivity index (χ2n) is 7.40. The number of benzene rings is 2. The largest absolute Gasteiger partial charge is 0.369 e. The van der Waals surface area contributed by atoms with E-state index in [0.717, 1.165) is 51.4 Å². The zero-order valence-electron chi connectivity index (χ0n) is 15.8. The molecule has 1 N–H and O–H groups in total. The highest BCUT2D eigenvalue weighted by Gasteiger charge is 2.30. The summed E-state index contributed by atoms with van der Waals surface area (Å²) in [5.41, 5.74) is 2.17. The van der Waals surface area contributed by atoms with Gasteiger partial charge in [0.1, 0.15) is 0 Å². The molecule has 27 heavy (non-hydrogen) atoms. The number of urea groups is 1. The van der Waals surface area contributed by atoms with Crippen molar-refractivity contribution in [2.45, 2.75) is 18.9 Å². The number of likely N-dealkylation sites (tertiary alicyclic amines) is 1. The molecule has 4 rings (SSSR count). The SMILES string of the molecule is O=C(Nc1ccccc1)N1CCC[C@@H](N2CCN(c3ccccc3)CC2)C1. The summed E-state index contributed by atoms with van der Waals surface area (Å²) in [7, 11) is 0. The van der Waals surface area contributed by atoms with E-state index in [1.54, 1.807) is 0 Å². The van der Waals surface area contributed by atoms with Gasteiger partial charge in [0.15, 0.2) is 0 Å². The van der Waals surface area contributed by atoms with Crippen LogP contribution in [0.2, 0.25) is 0 Å². The quantitative estimate of drug-likeness (QED) is 0.906. The van der Waals surface area contributed by atoms with E-state index in [-0.39, 0.29) is 6.03 Å². The van der Waals surface area contributed by atoms with Crippen molar-refractivity contribution >= 4 is 17.4 Å². The summed E-state index contributed by atoms with van der Waals surface area (Å²) in [5, 5.41) is 3.02. The molecular weight excluding hydrogens is 336 g/mol. The van der Waals surface area contributed by atoms with Crippen LogP contribution >= 0.6 is 0 Å². The first-order chi connectivity index (χ1) is 13.3. The number of carbonyl (C=O) groups is 1. The Balaban J connectivity index is 1.30. The van der Waals surface area contributed by atoms with Crippen LogP contribution in [0.25, 0.3) is 0 Å². The highest BCUT2D eigenvalue weighted by atomic mass is 16.2. The van der Waals surface area contributed by atoms with Crippen LogP contribution in [0, 0.1) is 0 Å². The Morgan fingerprint density at radius 2 is 1.52 bits per heavy atom. The van der Waals surface area contributed by atoms with Crippen molar-refractivity contribution in [3.63, 3.8) is 0 Å². The molecule has 2 fully saturated rings. The summed E-state index contributed by atoms with van der Waals surface area (Å²) in [4.78, 5) is 19.6. The van der Waals surface area contributed by atoms with Crippen molar-refractivity contribution < 1.29 is 4.79 Å². The molecule has 0 aromatic heterocycles. The number of anilines is 2. The fourth-order valence-electron chi connectivity index (χ4n) is 4.15. The van der Waals surface area contributed by atoms with Gasteiger partial charge >= 0.3 is 6.03 Å². The maximum atomic E-state index is 12.6. The predicted molar refractivity (Wildman–Crippen MR) is 110 cm³/mol. The fourth-order valence-corrected chi connectivity index (χ4v) is 4.15. The molecule has 2 heterocycles. The monoisotopic (exact) mass is 364 g/mol. The second-order valence-corrected chi connectivity index (χ2v) is 7.40. The van der Waals surface area contributed by atoms with Crippen molar-refractivity contribution in [1.29, 1.82) is 0 Å². The Hall–Kier alpha value is -2.53. The number of hydrogen-bond acceptors (Lipinski definition) is 3. The summed E-state index contributed by atoms with van der Waals surface area (Å²) in [5.74, 6) is 0. The average molecular weight is 364 g/mol. The van der Waals surface area contributed by atoms with Gasteiger partial charge in [0.2, 0.25) is 0 Å². The van der Waals surface area contributed by atoms with Crippen LogP contribution in [0.5, 0.6) is 0 Å². The van der Waals surface area contributed by atoms with E-state index in [2.05, 4.69) is 45.4 Å². The van der Waals surface area contributed by atoms with E-state index in [1.807, 2.05) is 35.2 Å². The zero-order chi connectivity index (χ0) is 18.5. The van der Waals surface area contributed by atoms with Gasteiger partial charge in [-0.1, -0.05) is 36.4 Å². The Bertz CT molecular complexity index is 728. The fraction of sp³-hybridized carbons (Fsp3) is 0.409. The Kier molecular flexibility index (Phi) is 5.58. The standard InChI is InChI=1S/C22H28N4O/c27-22(23-19-8-3-1-4-9-19)26-13-7-12-21(18-26)25-16-14-24(15-17-25)20-10-5-2-6-11-20/h1-6,8-11,21H,7,12-18H2,(H,23,27)/t21-/m1/s1. The molecule has 0 bridgehead atoms. The molecule has 0 radical (unpaired) electrons. The second kappa shape index (κ2) is 8.44. The van der Waals surface area contributed by atoms with E-state index >= 15 is 0 Å². The van der Waals surface area contributed by atoms with Gasteiger partial charge in [-0.15, -0.1) is 0 Å². The lowest BCUT2D eigenvalue weighted by Gasteiger charge is -2.43. The predicted octanol–water partition coefficient (Wildman–Crippen LogP) is 3.51. The third-order valence-corrected chi connectivity index (χ3v) is 5.66. The van der Waals surface area contributed by atoms with Crippen LogP contribution in [-0.4, -0.2) is 61.1 Å². The molecule has 0 saturated carbocycles. The van der Waals surface area contributed by atoms with E-state index in [4.69, 9.17) is 0 Å². The van der Waals surface area contributed by atoms with Crippen LogP contribution < -0.4 is 10.2 Å². The first kappa shape index (κ1) is 17.9. The van der Waals surface area contributed by atoms with Crippen LogP contribution in [0.3, 0.4) is 0 Å². The zero-order valence-corrected chi connectivity index (χ0v) is 15.8. The molecule has 0 spiro atoms. The molecular formula is C22H28N4O. The number of nitrogens with zero attached hydrogens (tertiary/aromatic N) is 3. The minimum atomic E-state index is 0.0221. The molecule has 5 nitrogen and oxygen atoms in total. The van der Waals surface area contributed by atoms with Crippen molar-refractivity contribution in [3.8, 4) is 0 Å². The van der Waals surface area contributed by atoms with Gasteiger partial charge in [0, 0.05) is 56.7 Å². The lowest BCUT2D eigenvalue weighted by atomic mass is 10.0. The molecule has 2 amide bonds. The number of rotatable bonds is 3.